The molecule has 1 aromatic rings. The molecular formula is C11H21N3S. The molecule has 1 aromatic heterocycles. The van der Waals surface area contributed by atoms with Gasteiger partial charge in [0.1, 0.15) is 0 Å². The summed E-state index contributed by atoms with van der Waals surface area (Å²) in [6.07, 6.45) is 3.98. The molecule has 86 valence electrons. The molecular weight excluding hydrogens is 206 g/mol. The van der Waals surface area contributed by atoms with Gasteiger partial charge in [-0.3, -0.25) is 0 Å². The molecule has 2 unspecified atom stereocenters. The molecule has 15 heavy (non-hydrogen) atoms. The minimum Gasteiger partial charge on any atom is -0.328 e. The number of nitrogens with two attached hydrogens (primary N) is 1. The first-order chi connectivity index (χ1) is 7.24. The Morgan fingerprint density at radius 1 is 1.60 bits per heavy atom. The van der Waals surface area contributed by atoms with Gasteiger partial charge in [0, 0.05) is 30.1 Å². The van der Waals surface area contributed by atoms with Crippen molar-refractivity contribution in [3.05, 3.63) is 16.6 Å². The molecule has 0 radical (unpaired) electrons. The topological polar surface area (TPSA) is 50.9 Å². The van der Waals surface area contributed by atoms with Gasteiger partial charge in [0.05, 0.1) is 5.01 Å². The summed E-state index contributed by atoms with van der Waals surface area (Å²) < 4.78 is 0. The van der Waals surface area contributed by atoms with E-state index in [4.69, 9.17) is 5.73 Å². The summed E-state index contributed by atoms with van der Waals surface area (Å²) in [7, 11) is 0. The number of nitrogens with one attached hydrogen (secondary N) is 1. The number of hydrogen-bond acceptors (Lipinski definition) is 4. The van der Waals surface area contributed by atoms with Gasteiger partial charge in [-0.1, -0.05) is 13.8 Å². The summed E-state index contributed by atoms with van der Waals surface area (Å²) in [5.41, 5.74) is 5.83. The van der Waals surface area contributed by atoms with Crippen LogP contribution >= 0.6 is 11.3 Å². The lowest BCUT2D eigenvalue weighted by molar-refractivity contribution is 0.532. The van der Waals surface area contributed by atoms with Gasteiger partial charge in [0.15, 0.2) is 0 Å². The molecule has 0 aromatic carbocycles. The number of hydrogen-bond donors (Lipinski definition) is 2. The quantitative estimate of drug-likeness (QED) is 0.700. The largest absolute Gasteiger partial charge is 0.328 e. The average molecular weight is 227 g/mol. The van der Waals surface area contributed by atoms with Crippen molar-refractivity contribution in [2.24, 2.45) is 5.73 Å². The highest BCUT2D eigenvalue weighted by Crippen LogP contribution is 2.16. The van der Waals surface area contributed by atoms with Crippen LogP contribution in [0.3, 0.4) is 0 Å². The summed E-state index contributed by atoms with van der Waals surface area (Å²) in [4.78, 5) is 4.30. The molecule has 0 saturated carbocycles. The van der Waals surface area contributed by atoms with E-state index in [1.54, 1.807) is 11.3 Å². The zero-order valence-electron chi connectivity index (χ0n) is 9.57. The number of aromatic nitrogens is 1. The molecule has 4 heteroatoms. The maximum Gasteiger partial charge on any atom is 0.0965 e. The molecule has 0 bridgehead atoms. The molecule has 0 aliphatic heterocycles. The Balaban J connectivity index is 2.10. The van der Waals surface area contributed by atoms with Crippen molar-refractivity contribution in [3.63, 3.8) is 0 Å². The fourth-order valence-corrected chi connectivity index (χ4v) is 2.07. The van der Waals surface area contributed by atoms with Crippen molar-refractivity contribution in [2.75, 3.05) is 13.1 Å². The summed E-state index contributed by atoms with van der Waals surface area (Å²) in [6.45, 7) is 6.32. The van der Waals surface area contributed by atoms with Gasteiger partial charge in [-0.15, -0.1) is 11.3 Å². The molecule has 3 nitrogen and oxygen atoms in total. The second-order valence-corrected chi connectivity index (χ2v) is 4.86. The fourth-order valence-electron chi connectivity index (χ4n) is 1.38. The third-order valence-electron chi connectivity index (χ3n) is 2.54. The van der Waals surface area contributed by atoms with Gasteiger partial charge < -0.3 is 11.1 Å². The Morgan fingerprint density at radius 2 is 2.40 bits per heavy atom. The van der Waals surface area contributed by atoms with Crippen LogP contribution in [-0.4, -0.2) is 24.1 Å². The van der Waals surface area contributed by atoms with Crippen molar-refractivity contribution >= 4 is 11.3 Å². The molecule has 1 heterocycles. The lowest BCUT2D eigenvalue weighted by atomic mass is 10.1. The van der Waals surface area contributed by atoms with Crippen LogP contribution in [0.5, 0.6) is 0 Å². The smallest absolute Gasteiger partial charge is 0.0965 e. The number of thiazole rings is 1. The first-order valence-corrected chi connectivity index (χ1v) is 6.47. The first-order valence-electron chi connectivity index (χ1n) is 5.59. The Hall–Kier alpha value is -0.450. The predicted octanol–water partition coefficient (Wildman–Crippen LogP) is 1.96. The summed E-state index contributed by atoms with van der Waals surface area (Å²) in [6, 6.07) is 0.340. The van der Waals surface area contributed by atoms with Gasteiger partial charge in [-0.2, -0.15) is 0 Å². The number of rotatable bonds is 7. The van der Waals surface area contributed by atoms with Gasteiger partial charge in [0.25, 0.3) is 0 Å². The molecule has 0 aliphatic carbocycles. The van der Waals surface area contributed by atoms with Crippen LogP contribution < -0.4 is 11.1 Å². The Bertz CT molecular complexity index is 248. The van der Waals surface area contributed by atoms with E-state index in [0.29, 0.717) is 12.0 Å². The summed E-state index contributed by atoms with van der Waals surface area (Å²) in [5, 5.41) is 6.66. The SMILES string of the molecule is CCC(N)CCNCC(C)c1nccs1. The van der Waals surface area contributed by atoms with E-state index in [1.165, 1.54) is 5.01 Å². The highest BCUT2D eigenvalue weighted by Gasteiger charge is 2.07. The highest BCUT2D eigenvalue weighted by atomic mass is 32.1. The van der Waals surface area contributed by atoms with Gasteiger partial charge in [-0.05, 0) is 19.4 Å². The van der Waals surface area contributed by atoms with E-state index in [-0.39, 0.29) is 0 Å². The standard InChI is InChI=1S/C11H21N3S/c1-3-10(12)4-5-13-8-9(2)11-14-6-7-15-11/h6-7,9-10,13H,3-5,8,12H2,1-2H3. The predicted molar refractivity (Wildman–Crippen MR) is 66.3 cm³/mol. The number of nitrogens with zero attached hydrogens (tertiary/aromatic N) is 1. The van der Waals surface area contributed by atoms with Gasteiger partial charge >= 0.3 is 0 Å². The summed E-state index contributed by atoms with van der Waals surface area (Å²) in [5.74, 6) is 0.503. The molecule has 0 spiro atoms. The zero-order chi connectivity index (χ0) is 11.1. The molecule has 3 N–H and O–H groups in total. The first kappa shape index (κ1) is 12.6. The molecule has 0 saturated heterocycles. The Morgan fingerprint density at radius 3 is 3.00 bits per heavy atom. The van der Waals surface area contributed by atoms with Gasteiger partial charge in [-0.25, -0.2) is 4.98 Å². The van der Waals surface area contributed by atoms with Crippen molar-refractivity contribution in [1.82, 2.24) is 10.3 Å². The second kappa shape index (κ2) is 6.93. The van der Waals surface area contributed by atoms with Crippen molar-refractivity contribution in [1.29, 1.82) is 0 Å². The van der Waals surface area contributed by atoms with Gasteiger partial charge in [0.2, 0.25) is 0 Å². The monoisotopic (exact) mass is 227 g/mol. The van der Waals surface area contributed by atoms with E-state index >= 15 is 0 Å². The maximum absolute atomic E-state index is 5.83. The minimum atomic E-state index is 0.340. The van der Waals surface area contributed by atoms with E-state index < -0.39 is 0 Å². The van der Waals surface area contributed by atoms with Crippen LogP contribution in [0.25, 0.3) is 0 Å². The van der Waals surface area contributed by atoms with Crippen molar-refractivity contribution in [3.8, 4) is 0 Å². The Labute approximate surface area is 96.1 Å². The third kappa shape index (κ3) is 4.73. The van der Waals surface area contributed by atoms with Crippen LogP contribution in [0.15, 0.2) is 11.6 Å². The van der Waals surface area contributed by atoms with Crippen molar-refractivity contribution < 1.29 is 0 Å². The van der Waals surface area contributed by atoms with Crippen LogP contribution in [0.1, 0.15) is 37.6 Å². The summed E-state index contributed by atoms with van der Waals surface area (Å²) >= 11 is 1.72. The molecule has 1 rings (SSSR count). The molecule has 2 atom stereocenters. The maximum atomic E-state index is 5.83. The lowest BCUT2D eigenvalue weighted by Crippen LogP contribution is -2.28. The molecule has 0 fully saturated rings. The van der Waals surface area contributed by atoms with Crippen LogP contribution in [-0.2, 0) is 0 Å². The lowest BCUT2D eigenvalue weighted by Gasteiger charge is -2.12. The fraction of sp³-hybridized carbons (Fsp3) is 0.727. The van der Waals surface area contributed by atoms with Crippen LogP contribution in [0, 0.1) is 0 Å². The van der Waals surface area contributed by atoms with Crippen LogP contribution in [0.2, 0.25) is 0 Å². The average Bonchev–Trinajstić information content (AvgIpc) is 2.77. The van der Waals surface area contributed by atoms with E-state index in [1.807, 2.05) is 11.6 Å². The molecule has 0 aliphatic rings. The van der Waals surface area contributed by atoms with E-state index in [0.717, 1.165) is 25.9 Å². The van der Waals surface area contributed by atoms with Crippen molar-refractivity contribution in [2.45, 2.75) is 38.6 Å². The highest BCUT2D eigenvalue weighted by molar-refractivity contribution is 7.09. The third-order valence-corrected chi connectivity index (χ3v) is 3.55. The minimum absolute atomic E-state index is 0.340. The van der Waals surface area contributed by atoms with E-state index in [9.17, 15) is 0 Å². The van der Waals surface area contributed by atoms with Crippen LogP contribution in [0.4, 0.5) is 0 Å². The Kier molecular flexibility index (Phi) is 5.83. The van der Waals surface area contributed by atoms with E-state index in [2.05, 4.69) is 24.1 Å². The molecule has 0 amide bonds. The zero-order valence-corrected chi connectivity index (χ0v) is 10.4. The second-order valence-electron chi connectivity index (χ2n) is 3.93. The normalized spacial score (nSPS) is 15.1.